The normalized spacial score (nSPS) is 10.4. The second-order valence-corrected chi connectivity index (χ2v) is 4.95. The molecule has 0 bridgehead atoms. The predicted octanol–water partition coefficient (Wildman–Crippen LogP) is 1.62. The number of ether oxygens (including phenoxy) is 1. The maximum absolute atomic E-state index is 11.4. The van der Waals surface area contributed by atoms with Crippen LogP contribution in [-0.4, -0.2) is 51.3 Å². The summed E-state index contributed by atoms with van der Waals surface area (Å²) in [6.45, 7) is 4.72. The van der Waals surface area contributed by atoms with Gasteiger partial charge in [0.15, 0.2) is 0 Å². The first kappa shape index (κ1) is 16.3. The Bertz CT molecular complexity index is 408. The number of nitrogens with zero attached hydrogens (tertiary/aromatic N) is 1. The molecule has 112 valence electrons. The Hall–Kier alpha value is -1.75. The molecule has 1 aromatic rings. The van der Waals surface area contributed by atoms with Crippen molar-refractivity contribution in [1.82, 2.24) is 15.5 Å². The molecular weight excluding hydrogens is 254 g/mol. The fraction of sp³-hybridized carbons (Fsp3) is 0.533. The zero-order valence-corrected chi connectivity index (χ0v) is 12.6. The molecule has 0 fully saturated rings. The fourth-order valence-corrected chi connectivity index (χ4v) is 1.63. The van der Waals surface area contributed by atoms with Crippen LogP contribution in [0.4, 0.5) is 4.79 Å². The van der Waals surface area contributed by atoms with Crippen molar-refractivity contribution >= 4 is 6.03 Å². The molecule has 5 nitrogen and oxygen atoms in total. The topological polar surface area (TPSA) is 53.6 Å². The van der Waals surface area contributed by atoms with Crippen LogP contribution in [0.15, 0.2) is 24.3 Å². The van der Waals surface area contributed by atoms with Gasteiger partial charge in [0.05, 0.1) is 6.61 Å². The highest BCUT2D eigenvalue weighted by molar-refractivity contribution is 5.73. The molecule has 2 N–H and O–H groups in total. The molecule has 0 heterocycles. The first-order valence-corrected chi connectivity index (χ1v) is 6.94. The summed E-state index contributed by atoms with van der Waals surface area (Å²) in [6, 6.07) is 7.80. The highest BCUT2D eigenvalue weighted by atomic mass is 16.5. The molecule has 0 aliphatic rings. The Morgan fingerprint density at radius 3 is 2.60 bits per heavy atom. The van der Waals surface area contributed by atoms with Crippen LogP contribution in [-0.2, 0) is 0 Å². The quantitative estimate of drug-likeness (QED) is 0.711. The highest BCUT2D eigenvalue weighted by Gasteiger charge is 2.00. The lowest BCUT2D eigenvalue weighted by atomic mass is 10.2. The van der Waals surface area contributed by atoms with Crippen LogP contribution in [0.25, 0.3) is 0 Å². The van der Waals surface area contributed by atoms with Gasteiger partial charge in [0.2, 0.25) is 0 Å². The number of amides is 2. The highest BCUT2D eigenvalue weighted by Crippen LogP contribution is 2.15. The van der Waals surface area contributed by atoms with Gasteiger partial charge in [-0.3, -0.25) is 0 Å². The molecule has 5 heteroatoms. The summed E-state index contributed by atoms with van der Waals surface area (Å²) in [5, 5.41) is 5.61. The van der Waals surface area contributed by atoms with E-state index >= 15 is 0 Å². The average molecular weight is 279 g/mol. The summed E-state index contributed by atoms with van der Waals surface area (Å²) < 4.78 is 5.65. The number of carbonyl (C=O) groups is 1. The van der Waals surface area contributed by atoms with E-state index in [-0.39, 0.29) is 6.03 Å². The summed E-state index contributed by atoms with van der Waals surface area (Å²) >= 11 is 0. The molecule has 0 radical (unpaired) electrons. The first-order chi connectivity index (χ1) is 9.59. The average Bonchev–Trinajstić information content (AvgIpc) is 2.40. The van der Waals surface area contributed by atoms with E-state index in [4.69, 9.17) is 4.74 Å². The molecule has 0 spiro atoms. The van der Waals surface area contributed by atoms with Gasteiger partial charge in [0, 0.05) is 19.6 Å². The lowest BCUT2D eigenvalue weighted by Gasteiger charge is -2.12. The van der Waals surface area contributed by atoms with E-state index in [2.05, 4.69) is 10.6 Å². The number of carbonyl (C=O) groups excluding carboxylic acids is 1. The van der Waals surface area contributed by atoms with Gasteiger partial charge in [-0.2, -0.15) is 0 Å². The Morgan fingerprint density at radius 2 is 1.90 bits per heavy atom. The molecule has 0 atom stereocenters. The van der Waals surface area contributed by atoms with Crippen molar-refractivity contribution in [3.05, 3.63) is 29.8 Å². The molecule has 0 aliphatic heterocycles. The summed E-state index contributed by atoms with van der Waals surface area (Å²) in [5.74, 6) is 0.905. The molecule has 0 unspecified atom stereocenters. The Labute approximate surface area is 121 Å². The zero-order chi connectivity index (χ0) is 14.8. The van der Waals surface area contributed by atoms with E-state index in [0.29, 0.717) is 19.7 Å². The molecule has 1 rings (SSSR count). The van der Waals surface area contributed by atoms with Gasteiger partial charge < -0.3 is 20.3 Å². The number of para-hydroxylation sites is 1. The second-order valence-electron chi connectivity index (χ2n) is 4.95. The van der Waals surface area contributed by atoms with Crippen LogP contribution in [0.1, 0.15) is 12.0 Å². The van der Waals surface area contributed by atoms with Crippen molar-refractivity contribution in [2.45, 2.75) is 13.3 Å². The molecule has 1 aromatic carbocycles. The van der Waals surface area contributed by atoms with Gasteiger partial charge in [-0.1, -0.05) is 18.2 Å². The summed E-state index contributed by atoms with van der Waals surface area (Å²) in [4.78, 5) is 13.5. The van der Waals surface area contributed by atoms with E-state index in [9.17, 15) is 4.79 Å². The smallest absolute Gasteiger partial charge is 0.314 e. The van der Waals surface area contributed by atoms with E-state index in [0.717, 1.165) is 24.3 Å². The SMILES string of the molecule is Cc1ccccc1OCCCNC(=O)NCCN(C)C. The van der Waals surface area contributed by atoms with Gasteiger partial charge in [-0.05, 0) is 39.1 Å². The maximum Gasteiger partial charge on any atom is 0.314 e. The monoisotopic (exact) mass is 279 g/mol. The van der Waals surface area contributed by atoms with Crippen molar-refractivity contribution < 1.29 is 9.53 Å². The molecule has 0 aliphatic carbocycles. The van der Waals surface area contributed by atoms with E-state index in [1.54, 1.807) is 0 Å². The lowest BCUT2D eigenvalue weighted by molar-refractivity contribution is 0.237. The second kappa shape index (κ2) is 9.20. The van der Waals surface area contributed by atoms with Crippen LogP contribution >= 0.6 is 0 Å². The van der Waals surface area contributed by atoms with Crippen LogP contribution in [0, 0.1) is 6.92 Å². The van der Waals surface area contributed by atoms with Gasteiger partial charge in [-0.15, -0.1) is 0 Å². The summed E-state index contributed by atoms with van der Waals surface area (Å²) in [7, 11) is 3.95. The van der Waals surface area contributed by atoms with Crippen molar-refractivity contribution in [2.75, 3.05) is 40.3 Å². The lowest BCUT2D eigenvalue weighted by Crippen LogP contribution is -2.39. The van der Waals surface area contributed by atoms with Crippen LogP contribution in [0.2, 0.25) is 0 Å². The number of hydrogen-bond donors (Lipinski definition) is 2. The van der Waals surface area contributed by atoms with E-state index in [1.165, 1.54) is 0 Å². The maximum atomic E-state index is 11.4. The van der Waals surface area contributed by atoms with Crippen molar-refractivity contribution in [3.8, 4) is 5.75 Å². The summed E-state index contributed by atoms with van der Waals surface area (Å²) in [6.07, 6.45) is 0.787. The Kier molecular flexibility index (Phi) is 7.50. The van der Waals surface area contributed by atoms with Gasteiger partial charge in [-0.25, -0.2) is 4.79 Å². The third kappa shape index (κ3) is 6.99. The molecule has 20 heavy (non-hydrogen) atoms. The predicted molar refractivity (Wildman–Crippen MR) is 81.2 cm³/mol. The number of urea groups is 1. The van der Waals surface area contributed by atoms with Gasteiger partial charge >= 0.3 is 6.03 Å². The number of benzene rings is 1. The summed E-state index contributed by atoms with van der Waals surface area (Å²) in [5.41, 5.74) is 1.13. The van der Waals surface area contributed by atoms with E-state index in [1.807, 2.05) is 50.2 Å². The van der Waals surface area contributed by atoms with Crippen LogP contribution in [0.3, 0.4) is 0 Å². The number of hydrogen-bond acceptors (Lipinski definition) is 3. The molecule has 2 amide bonds. The third-order valence-corrected chi connectivity index (χ3v) is 2.80. The van der Waals surface area contributed by atoms with Crippen molar-refractivity contribution in [2.24, 2.45) is 0 Å². The van der Waals surface area contributed by atoms with Crippen LogP contribution in [0.5, 0.6) is 5.75 Å². The number of rotatable bonds is 8. The van der Waals surface area contributed by atoms with Gasteiger partial charge in [0.1, 0.15) is 5.75 Å². The van der Waals surface area contributed by atoms with Crippen LogP contribution < -0.4 is 15.4 Å². The van der Waals surface area contributed by atoms with Gasteiger partial charge in [0.25, 0.3) is 0 Å². The largest absolute Gasteiger partial charge is 0.493 e. The van der Waals surface area contributed by atoms with Crippen molar-refractivity contribution in [3.63, 3.8) is 0 Å². The number of aryl methyl sites for hydroxylation is 1. The van der Waals surface area contributed by atoms with Crippen molar-refractivity contribution in [1.29, 1.82) is 0 Å². The molecule has 0 aromatic heterocycles. The minimum absolute atomic E-state index is 0.122. The first-order valence-electron chi connectivity index (χ1n) is 6.94. The minimum atomic E-state index is -0.122. The number of nitrogens with one attached hydrogen (secondary N) is 2. The molecule has 0 saturated heterocycles. The standard InChI is InChI=1S/C15H25N3O2/c1-13-7-4-5-8-14(13)20-12-6-9-16-15(19)17-10-11-18(2)3/h4-5,7-8H,6,9-12H2,1-3H3,(H2,16,17,19). The Balaban J connectivity index is 2.04. The zero-order valence-electron chi connectivity index (χ0n) is 12.6. The third-order valence-electron chi connectivity index (χ3n) is 2.80. The molecular formula is C15H25N3O2. The number of likely N-dealkylation sites (N-methyl/N-ethyl adjacent to an activating group) is 1. The van der Waals surface area contributed by atoms with E-state index < -0.39 is 0 Å². The minimum Gasteiger partial charge on any atom is -0.493 e. The Morgan fingerprint density at radius 1 is 1.20 bits per heavy atom. The molecule has 0 saturated carbocycles. The fourth-order valence-electron chi connectivity index (χ4n) is 1.63.